The molecule has 0 unspecified atom stereocenters. The summed E-state index contributed by atoms with van der Waals surface area (Å²) >= 11 is 0. The van der Waals surface area contributed by atoms with Crippen LogP contribution in [0.15, 0.2) is 22.9 Å². The van der Waals surface area contributed by atoms with Crippen LogP contribution in [0.5, 0.6) is 0 Å². The number of hydrogen-bond donors (Lipinski definition) is 2. The quantitative estimate of drug-likeness (QED) is 0.750. The Balaban J connectivity index is 2.36. The van der Waals surface area contributed by atoms with Crippen molar-refractivity contribution in [2.75, 3.05) is 0 Å². The van der Waals surface area contributed by atoms with E-state index in [2.05, 4.69) is 15.1 Å². The van der Waals surface area contributed by atoms with Crippen LogP contribution >= 0.6 is 0 Å². The van der Waals surface area contributed by atoms with Crippen molar-refractivity contribution in [2.45, 2.75) is 19.4 Å². The van der Waals surface area contributed by atoms with Crippen molar-refractivity contribution in [3.63, 3.8) is 0 Å². The lowest BCUT2D eigenvalue weighted by Crippen LogP contribution is -2.28. The molecule has 0 radical (unpaired) electrons. The zero-order chi connectivity index (χ0) is 10.2. The minimum atomic E-state index is -0.599. The summed E-state index contributed by atoms with van der Waals surface area (Å²) in [5.74, 6) is 0.964. The van der Waals surface area contributed by atoms with Gasteiger partial charge >= 0.3 is 0 Å². The van der Waals surface area contributed by atoms with Crippen LogP contribution in [-0.4, -0.2) is 15.1 Å². The van der Waals surface area contributed by atoms with E-state index in [-0.39, 0.29) is 0 Å². The Hall–Kier alpha value is -1.62. The average molecular weight is 192 g/mol. The molecular weight excluding hydrogens is 180 g/mol. The molecule has 2 rings (SSSR count). The van der Waals surface area contributed by atoms with Gasteiger partial charge in [-0.1, -0.05) is 5.16 Å². The second-order valence-electron chi connectivity index (χ2n) is 3.73. The number of nitrogens with zero attached hydrogens (tertiary/aromatic N) is 2. The second-order valence-corrected chi connectivity index (χ2v) is 3.73. The van der Waals surface area contributed by atoms with E-state index in [1.54, 1.807) is 6.20 Å². The standard InChI is InChI=1S/C9H12N4O/c1-9(2,10)8-12-7(13-14-8)6-4-3-5-11-6/h3-5,11H,10H2,1-2H3. The molecule has 2 heterocycles. The Morgan fingerprint density at radius 1 is 1.50 bits per heavy atom. The van der Waals surface area contributed by atoms with Crippen LogP contribution in [-0.2, 0) is 5.54 Å². The molecule has 14 heavy (non-hydrogen) atoms. The lowest BCUT2D eigenvalue weighted by atomic mass is 10.1. The van der Waals surface area contributed by atoms with Crippen LogP contribution < -0.4 is 5.73 Å². The van der Waals surface area contributed by atoms with Gasteiger partial charge in [0.1, 0.15) is 0 Å². The molecule has 0 amide bonds. The number of nitrogens with one attached hydrogen (secondary N) is 1. The van der Waals surface area contributed by atoms with E-state index in [4.69, 9.17) is 10.3 Å². The SMILES string of the molecule is CC(C)(N)c1nc(-c2ccc[nH]2)no1. The Morgan fingerprint density at radius 3 is 2.79 bits per heavy atom. The summed E-state index contributed by atoms with van der Waals surface area (Å²) in [5, 5.41) is 3.83. The smallest absolute Gasteiger partial charge is 0.246 e. The average Bonchev–Trinajstić information content (AvgIpc) is 2.73. The Morgan fingerprint density at radius 2 is 2.29 bits per heavy atom. The van der Waals surface area contributed by atoms with E-state index < -0.39 is 5.54 Å². The minimum Gasteiger partial charge on any atom is -0.359 e. The highest BCUT2D eigenvalue weighted by molar-refractivity contribution is 5.47. The third-order valence-corrected chi connectivity index (χ3v) is 1.82. The van der Waals surface area contributed by atoms with Crippen molar-refractivity contribution in [2.24, 2.45) is 5.73 Å². The zero-order valence-electron chi connectivity index (χ0n) is 8.11. The van der Waals surface area contributed by atoms with Gasteiger partial charge in [0.05, 0.1) is 11.2 Å². The number of rotatable bonds is 2. The molecule has 0 aromatic carbocycles. The number of aromatic nitrogens is 3. The lowest BCUT2D eigenvalue weighted by Gasteiger charge is -2.10. The summed E-state index contributed by atoms with van der Waals surface area (Å²) in [6.07, 6.45) is 1.80. The zero-order valence-corrected chi connectivity index (χ0v) is 8.11. The number of hydrogen-bond acceptors (Lipinski definition) is 4. The van der Waals surface area contributed by atoms with Gasteiger partial charge in [-0.15, -0.1) is 0 Å². The van der Waals surface area contributed by atoms with Gasteiger partial charge in [-0.3, -0.25) is 0 Å². The predicted octanol–water partition coefficient (Wildman–Crippen LogP) is 1.26. The first-order chi connectivity index (χ1) is 6.57. The van der Waals surface area contributed by atoms with Crippen LogP contribution in [0.3, 0.4) is 0 Å². The van der Waals surface area contributed by atoms with E-state index in [0.29, 0.717) is 11.7 Å². The molecule has 0 aliphatic carbocycles. The van der Waals surface area contributed by atoms with Gasteiger partial charge in [-0.05, 0) is 26.0 Å². The van der Waals surface area contributed by atoms with E-state index in [0.717, 1.165) is 5.69 Å². The second kappa shape index (κ2) is 2.95. The van der Waals surface area contributed by atoms with Crippen LogP contribution in [0.2, 0.25) is 0 Å². The molecule has 0 fully saturated rings. The van der Waals surface area contributed by atoms with E-state index in [1.165, 1.54) is 0 Å². The molecular formula is C9H12N4O. The molecule has 3 N–H and O–H groups in total. The summed E-state index contributed by atoms with van der Waals surface area (Å²) in [6.45, 7) is 3.64. The fourth-order valence-corrected chi connectivity index (χ4v) is 1.06. The van der Waals surface area contributed by atoms with Gasteiger partial charge < -0.3 is 15.2 Å². The van der Waals surface area contributed by atoms with Crippen molar-refractivity contribution in [1.29, 1.82) is 0 Å². The molecule has 2 aromatic rings. The summed E-state index contributed by atoms with van der Waals surface area (Å²) in [6, 6.07) is 3.75. The third kappa shape index (κ3) is 1.54. The van der Waals surface area contributed by atoms with Crippen molar-refractivity contribution >= 4 is 0 Å². The highest BCUT2D eigenvalue weighted by Gasteiger charge is 2.22. The Labute approximate surface area is 81.3 Å². The van der Waals surface area contributed by atoms with Crippen LogP contribution in [0.1, 0.15) is 19.7 Å². The van der Waals surface area contributed by atoms with Gasteiger partial charge in [0.2, 0.25) is 11.7 Å². The van der Waals surface area contributed by atoms with Gasteiger partial charge in [0.25, 0.3) is 0 Å². The van der Waals surface area contributed by atoms with E-state index in [9.17, 15) is 0 Å². The molecule has 0 saturated carbocycles. The molecule has 0 saturated heterocycles. The van der Waals surface area contributed by atoms with Gasteiger partial charge in [0, 0.05) is 6.20 Å². The van der Waals surface area contributed by atoms with Crippen molar-refractivity contribution < 1.29 is 4.52 Å². The third-order valence-electron chi connectivity index (χ3n) is 1.82. The molecule has 5 heteroatoms. The number of aromatic amines is 1. The maximum atomic E-state index is 5.82. The van der Waals surface area contributed by atoms with Gasteiger partial charge in [-0.2, -0.15) is 4.98 Å². The molecule has 5 nitrogen and oxygen atoms in total. The Kier molecular flexibility index (Phi) is 1.89. The molecule has 0 spiro atoms. The summed E-state index contributed by atoms with van der Waals surface area (Å²) in [4.78, 5) is 7.18. The number of H-pyrrole nitrogens is 1. The molecule has 0 aliphatic rings. The van der Waals surface area contributed by atoms with Crippen molar-refractivity contribution in [3.8, 4) is 11.5 Å². The fourth-order valence-electron chi connectivity index (χ4n) is 1.06. The summed E-state index contributed by atoms with van der Waals surface area (Å²) in [7, 11) is 0. The summed E-state index contributed by atoms with van der Waals surface area (Å²) < 4.78 is 5.05. The molecule has 0 bridgehead atoms. The van der Waals surface area contributed by atoms with Crippen LogP contribution in [0, 0.1) is 0 Å². The Bertz CT molecular complexity index is 410. The number of nitrogens with two attached hydrogens (primary N) is 1. The maximum Gasteiger partial charge on any atom is 0.246 e. The molecule has 0 atom stereocenters. The van der Waals surface area contributed by atoms with Crippen molar-refractivity contribution in [3.05, 3.63) is 24.2 Å². The van der Waals surface area contributed by atoms with E-state index in [1.807, 2.05) is 26.0 Å². The first-order valence-electron chi connectivity index (χ1n) is 4.34. The monoisotopic (exact) mass is 192 g/mol. The molecule has 74 valence electrons. The first-order valence-corrected chi connectivity index (χ1v) is 4.34. The maximum absolute atomic E-state index is 5.82. The van der Waals surface area contributed by atoms with Gasteiger partial charge in [0.15, 0.2) is 0 Å². The largest absolute Gasteiger partial charge is 0.359 e. The predicted molar refractivity (Wildman–Crippen MR) is 51.3 cm³/mol. The molecule has 0 aliphatic heterocycles. The van der Waals surface area contributed by atoms with Gasteiger partial charge in [-0.25, -0.2) is 0 Å². The highest BCUT2D eigenvalue weighted by atomic mass is 16.5. The van der Waals surface area contributed by atoms with Crippen LogP contribution in [0.25, 0.3) is 11.5 Å². The van der Waals surface area contributed by atoms with E-state index >= 15 is 0 Å². The van der Waals surface area contributed by atoms with Crippen LogP contribution in [0.4, 0.5) is 0 Å². The van der Waals surface area contributed by atoms with Crippen molar-refractivity contribution in [1.82, 2.24) is 15.1 Å². The highest BCUT2D eigenvalue weighted by Crippen LogP contribution is 2.18. The molecule has 2 aromatic heterocycles. The normalized spacial score (nSPS) is 11.9. The topological polar surface area (TPSA) is 80.7 Å². The summed E-state index contributed by atoms with van der Waals surface area (Å²) in [5.41, 5.74) is 6.04. The minimum absolute atomic E-state index is 0.433. The fraction of sp³-hybridized carbons (Fsp3) is 0.333. The lowest BCUT2D eigenvalue weighted by molar-refractivity contribution is 0.312. The first kappa shape index (κ1) is 8.96.